The molecule has 21 heavy (non-hydrogen) atoms. The van der Waals surface area contributed by atoms with Crippen LogP contribution < -0.4 is 14.9 Å². The minimum atomic E-state index is -0.386. The third kappa shape index (κ3) is 3.59. The minimum absolute atomic E-state index is 0.284. The van der Waals surface area contributed by atoms with E-state index in [1.54, 1.807) is 38.5 Å². The highest BCUT2D eigenvalue weighted by Crippen LogP contribution is 2.22. The summed E-state index contributed by atoms with van der Waals surface area (Å²) in [5.41, 5.74) is 4.21. The number of nitrogens with one attached hydrogen (secondary N) is 2. The SMILES string of the molecule is COc1ccc(/C=N/NC(=O)c2cc(C)[nH]n2)c(OC)c1. The Morgan fingerprint density at radius 1 is 1.33 bits per heavy atom. The van der Waals surface area contributed by atoms with E-state index in [0.717, 1.165) is 11.3 Å². The molecule has 1 amide bonds. The number of benzene rings is 1. The van der Waals surface area contributed by atoms with Gasteiger partial charge in [-0.15, -0.1) is 0 Å². The summed E-state index contributed by atoms with van der Waals surface area (Å²) in [6.45, 7) is 1.81. The molecule has 0 saturated carbocycles. The van der Waals surface area contributed by atoms with E-state index in [9.17, 15) is 4.79 Å². The van der Waals surface area contributed by atoms with E-state index in [1.165, 1.54) is 6.21 Å². The summed E-state index contributed by atoms with van der Waals surface area (Å²) in [5.74, 6) is 0.895. The number of rotatable bonds is 5. The highest BCUT2D eigenvalue weighted by molar-refractivity contribution is 5.93. The molecule has 2 aromatic rings. The summed E-state index contributed by atoms with van der Waals surface area (Å²) >= 11 is 0. The molecule has 2 N–H and O–H groups in total. The number of methoxy groups -OCH3 is 2. The van der Waals surface area contributed by atoms with Gasteiger partial charge in [0.15, 0.2) is 5.69 Å². The Kier molecular flexibility index (Phi) is 4.55. The summed E-state index contributed by atoms with van der Waals surface area (Å²) in [6, 6.07) is 6.94. The highest BCUT2D eigenvalue weighted by atomic mass is 16.5. The van der Waals surface area contributed by atoms with E-state index in [1.807, 2.05) is 6.92 Å². The van der Waals surface area contributed by atoms with Gasteiger partial charge in [-0.2, -0.15) is 10.2 Å². The maximum absolute atomic E-state index is 11.7. The first-order valence-electron chi connectivity index (χ1n) is 6.21. The lowest BCUT2D eigenvalue weighted by atomic mass is 10.2. The van der Waals surface area contributed by atoms with Crippen LogP contribution in [0.1, 0.15) is 21.7 Å². The van der Waals surface area contributed by atoms with Crippen molar-refractivity contribution in [1.82, 2.24) is 15.6 Å². The molecule has 7 nitrogen and oxygen atoms in total. The molecule has 0 bridgehead atoms. The van der Waals surface area contributed by atoms with Crippen LogP contribution in [0.25, 0.3) is 0 Å². The van der Waals surface area contributed by atoms with Crippen LogP contribution in [-0.4, -0.2) is 36.5 Å². The van der Waals surface area contributed by atoms with Crippen molar-refractivity contribution >= 4 is 12.1 Å². The third-order valence-electron chi connectivity index (χ3n) is 2.75. The largest absolute Gasteiger partial charge is 0.497 e. The Morgan fingerprint density at radius 3 is 2.76 bits per heavy atom. The highest BCUT2D eigenvalue weighted by Gasteiger charge is 2.08. The zero-order chi connectivity index (χ0) is 15.2. The average molecular weight is 288 g/mol. The van der Waals surface area contributed by atoms with Gasteiger partial charge in [-0.25, -0.2) is 5.43 Å². The van der Waals surface area contributed by atoms with Crippen molar-refractivity contribution in [3.8, 4) is 11.5 Å². The van der Waals surface area contributed by atoms with Crippen molar-refractivity contribution in [2.75, 3.05) is 14.2 Å². The van der Waals surface area contributed by atoms with Gasteiger partial charge in [-0.3, -0.25) is 9.89 Å². The number of carbonyl (C=O) groups is 1. The van der Waals surface area contributed by atoms with E-state index in [-0.39, 0.29) is 11.6 Å². The first kappa shape index (κ1) is 14.6. The maximum atomic E-state index is 11.7. The standard InChI is InChI=1S/C14H16N4O3/c1-9-6-12(17-16-9)14(19)18-15-8-10-4-5-11(20-2)7-13(10)21-3/h4-8H,1-3H3,(H,16,17)(H,18,19)/b15-8+. The second kappa shape index (κ2) is 6.56. The van der Waals surface area contributed by atoms with Crippen LogP contribution in [0.5, 0.6) is 11.5 Å². The first-order chi connectivity index (χ1) is 10.1. The van der Waals surface area contributed by atoms with E-state index >= 15 is 0 Å². The van der Waals surface area contributed by atoms with Gasteiger partial charge in [0.1, 0.15) is 11.5 Å². The molecule has 0 fully saturated rings. The number of H-pyrrole nitrogens is 1. The monoisotopic (exact) mass is 288 g/mol. The van der Waals surface area contributed by atoms with Crippen LogP contribution in [0.3, 0.4) is 0 Å². The van der Waals surface area contributed by atoms with E-state index in [2.05, 4.69) is 20.7 Å². The van der Waals surface area contributed by atoms with Crippen molar-refractivity contribution in [1.29, 1.82) is 0 Å². The molecule has 1 aromatic heterocycles. The fourth-order valence-corrected chi connectivity index (χ4v) is 1.68. The van der Waals surface area contributed by atoms with Gasteiger partial charge in [-0.05, 0) is 25.1 Å². The van der Waals surface area contributed by atoms with E-state index in [0.29, 0.717) is 11.5 Å². The molecule has 0 atom stereocenters. The summed E-state index contributed by atoms with van der Waals surface area (Å²) in [7, 11) is 3.13. The van der Waals surface area contributed by atoms with E-state index < -0.39 is 0 Å². The van der Waals surface area contributed by atoms with Gasteiger partial charge in [0.25, 0.3) is 5.91 Å². The summed E-state index contributed by atoms with van der Waals surface area (Å²) in [6.07, 6.45) is 1.50. The van der Waals surface area contributed by atoms with Gasteiger partial charge in [0.2, 0.25) is 0 Å². The molecular formula is C14H16N4O3. The summed E-state index contributed by atoms with van der Waals surface area (Å²) in [5, 5.41) is 10.4. The molecule has 1 aromatic carbocycles. The molecule has 110 valence electrons. The zero-order valence-electron chi connectivity index (χ0n) is 12.0. The van der Waals surface area contributed by atoms with Crippen LogP contribution in [-0.2, 0) is 0 Å². The molecule has 0 aliphatic carbocycles. The Hall–Kier alpha value is -2.83. The Labute approximate surface area is 122 Å². The van der Waals surface area contributed by atoms with Crippen molar-refractivity contribution < 1.29 is 14.3 Å². The molecule has 0 aliphatic rings. The number of ether oxygens (including phenoxy) is 2. The topological polar surface area (TPSA) is 88.6 Å². The number of carbonyl (C=O) groups excluding carboxylic acids is 1. The lowest BCUT2D eigenvalue weighted by molar-refractivity contribution is 0.0950. The van der Waals surface area contributed by atoms with Crippen LogP contribution in [0.4, 0.5) is 0 Å². The minimum Gasteiger partial charge on any atom is -0.497 e. The second-order valence-electron chi connectivity index (χ2n) is 4.24. The number of amides is 1. The van der Waals surface area contributed by atoms with Crippen LogP contribution >= 0.6 is 0 Å². The molecule has 1 heterocycles. The number of aromatic nitrogens is 2. The number of hydrogen-bond donors (Lipinski definition) is 2. The third-order valence-corrected chi connectivity index (χ3v) is 2.75. The quantitative estimate of drug-likeness (QED) is 0.644. The van der Waals surface area contributed by atoms with Gasteiger partial charge in [0, 0.05) is 17.3 Å². The van der Waals surface area contributed by atoms with Gasteiger partial charge < -0.3 is 9.47 Å². The van der Waals surface area contributed by atoms with E-state index in [4.69, 9.17) is 9.47 Å². The average Bonchev–Trinajstić information content (AvgIpc) is 2.94. The predicted molar refractivity (Wildman–Crippen MR) is 77.9 cm³/mol. The second-order valence-corrected chi connectivity index (χ2v) is 4.24. The smallest absolute Gasteiger partial charge is 0.291 e. The van der Waals surface area contributed by atoms with Crippen LogP contribution in [0.2, 0.25) is 0 Å². The molecule has 0 radical (unpaired) electrons. The molecule has 0 unspecified atom stereocenters. The summed E-state index contributed by atoms with van der Waals surface area (Å²) < 4.78 is 10.3. The number of hydrazone groups is 1. The zero-order valence-corrected chi connectivity index (χ0v) is 12.0. The molecule has 7 heteroatoms. The first-order valence-corrected chi connectivity index (χ1v) is 6.21. The molecule has 2 rings (SSSR count). The Morgan fingerprint density at radius 2 is 2.14 bits per heavy atom. The molecule has 0 saturated heterocycles. The van der Waals surface area contributed by atoms with Gasteiger partial charge in [-0.1, -0.05) is 0 Å². The van der Waals surface area contributed by atoms with Crippen molar-refractivity contribution in [3.63, 3.8) is 0 Å². The molecule has 0 spiro atoms. The van der Waals surface area contributed by atoms with Gasteiger partial charge in [0.05, 0.1) is 20.4 Å². The lowest BCUT2D eigenvalue weighted by Crippen LogP contribution is -2.18. The van der Waals surface area contributed by atoms with Crippen molar-refractivity contribution in [2.24, 2.45) is 5.10 Å². The summed E-state index contributed by atoms with van der Waals surface area (Å²) in [4.78, 5) is 11.7. The fourth-order valence-electron chi connectivity index (χ4n) is 1.68. The molecule has 0 aliphatic heterocycles. The number of hydrogen-bond acceptors (Lipinski definition) is 5. The number of aryl methyl sites for hydroxylation is 1. The van der Waals surface area contributed by atoms with Crippen LogP contribution in [0, 0.1) is 6.92 Å². The Balaban J connectivity index is 2.06. The maximum Gasteiger partial charge on any atom is 0.291 e. The molecular weight excluding hydrogens is 272 g/mol. The fraction of sp³-hybridized carbons (Fsp3) is 0.214. The normalized spacial score (nSPS) is 10.6. The predicted octanol–water partition coefficient (Wildman–Crippen LogP) is 1.50. The Bertz CT molecular complexity index is 664. The van der Waals surface area contributed by atoms with Gasteiger partial charge >= 0.3 is 0 Å². The van der Waals surface area contributed by atoms with Crippen molar-refractivity contribution in [3.05, 3.63) is 41.2 Å². The lowest BCUT2D eigenvalue weighted by Gasteiger charge is -2.06. The van der Waals surface area contributed by atoms with Crippen molar-refractivity contribution in [2.45, 2.75) is 6.92 Å². The number of nitrogens with zero attached hydrogens (tertiary/aromatic N) is 2. The number of aromatic amines is 1. The van der Waals surface area contributed by atoms with Crippen LogP contribution in [0.15, 0.2) is 29.4 Å².